The summed E-state index contributed by atoms with van der Waals surface area (Å²) >= 11 is 0. The highest BCUT2D eigenvalue weighted by atomic mass is 15.0. The van der Waals surface area contributed by atoms with Gasteiger partial charge >= 0.3 is 0 Å². The highest BCUT2D eigenvalue weighted by Crippen LogP contribution is 2.26. The minimum Gasteiger partial charge on any atom is -0.367 e. The molecule has 1 rings (SSSR count). The molecule has 0 radical (unpaired) electrons. The van der Waals surface area contributed by atoms with E-state index < -0.39 is 5.54 Å². The van der Waals surface area contributed by atoms with Gasteiger partial charge in [0.1, 0.15) is 5.54 Å². The van der Waals surface area contributed by atoms with Crippen molar-refractivity contribution in [3.8, 4) is 6.07 Å². The van der Waals surface area contributed by atoms with Crippen LogP contribution < -0.4 is 5.32 Å². The van der Waals surface area contributed by atoms with Crippen LogP contribution in [0.5, 0.6) is 0 Å². The van der Waals surface area contributed by atoms with Gasteiger partial charge in [-0.3, -0.25) is 0 Å². The molecule has 0 bridgehead atoms. The van der Waals surface area contributed by atoms with Crippen molar-refractivity contribution in [3.63, 3.8) is 0 Å². The molecule has 17 heavy (non-hydrogen) atoms. The quantitative estimate of drug-likeness (QED) is 0.794. The van der Waals surface area contributed by atoms with E-state index in [1.54, 1.807) is 0 Å². The Morgan fingerprint density at radius 3 is 2.41 bits per heavy atom. The maximum atomic E-state index is 9.47. The third kappa shape index (κ3) is 3.78. The first kappa shape index (κ1) is 13.6. The average molecular weight is 230 g/mol. The molecule has 0 aliphatic rings. The van der Waals surface area contributed by atoms with E-state index in [4.69, 9.17) is 0 Å². The SMILES string of the molecule is CCC(C)CC(C#N)(CC)Nc1ccccc1. The van der Waals surface area contributed by atoms with Crippen LogP contribution in [0, 0.1) is 17.2 Å². The summed E-state index contributed by atoms with van der Waals surface area (Å²) in [6, 6.07) is 12.5. The normalized spacial score (nSPS) is 15.6. The van der Waals surface area contributed by atoms with Crippen LogP contribution in [0.4, 0.5) is 5.69 Å². The number of para-hydroxylation sites is 1. The fourth-order valence-electron chi connectivity index (χ4n) is 1.97. The minimum atomic E-state index is -0.434. The van der Waals surface area contributed by atoms with Gasteiger partial charge in [-0.05, 0) is 30.9 Å². The fourth-order valence-corrected chi connectivity index (χ4v) is 1.97. The lowest BCUT2D eigenvalue weighted by atomic mass is 9.85. The predicted molar refractivity (Wildman–Crippen MR) is 72.8 cm³/mol. The Bertz CT molecular complexity index is 366. The first-order chi connectivity index (χ1) is 8.15. The molecule has 0 aliphatic carbocycles. The minimum absolute atomic E-state index is 0.434. The van der Waals surface area contributed by atoms with Crippen molar-refractivity contribution in [2.45, 2.75) is 45.6 Å². The van der Waals surface area contributed by atoms with Crippen LogP contribution in [0.25, 0.3) is 0 Å². The van der Waals surface area contributed by atoms with Gasteiger partial charge in [0.15, 0.2) is 0 Å². The Morgan fingerprint density at radius 2 is 1.94 bits per heavy atom. The van der Waals surface area contributed by atoms with Crippen LogP contribution in [0.15, 0.2) is 30.3 Å². The van der Waals surface area contributed by atoms with E-state index in [1.165, 1.54) is 0 Å². The molecule has 2 heteroatoms. The van der Waals surface area contributed by atoms with Crippen molar-refractivity contribution in [1.29, 1.82) is 5.26 Å². The Hall–Kier alpha value is -1.49. The number of rotatable bonds is 6. The molecule has 0 saturated heterocycles. The second-order valence-corrected chi connectivity index (χ2v) is 4.76. The van der Waals surface area contributed by atoms with E-state index in [0.29, 0.717) is 5.92 Å². The molecule has 1 N–H and O–H groups in total. The van der Waals surface area contributed by atoms with E-state index in [0.717, 1.165) is 24.9 Å². The smallest absolute Gasteiger partial charge is 0.125 e. The number of nitrogens with zero attached hydrogens (tertiary/aromatic N) is 1. The standard InChI is InChI=1S/C15H22N2/c1-4-13(3)11-15(5-2,12-16)17-14-9-7-6-8-10-14/h6-10,13,17H,4-5,11H2,1-3H3. The third-order valence-corrected chi connectivity index (χ3v) is 3.37. The molecule has 2 unspecified atom stereocenters. The van der Waals surface area contributed by atoms with Crippen LogP contribution in [-0.4, -0.2) is 5.54 Å². The zero-order valence-corrected chi connectivity index (χ0v) is 11.0. The molecule has 2 atom stereocenters. The summed E-state index contributed by atoms with van der Waals surface area (Å²) in [5.74, 6) is 0.561. The second-order valence-electron chi connectivity index (χ2n) is 4.76. The topological polar surface area (TPSA) is 35.8 Å². The summed E-state index contributed by atoms with van der Waals surface area (Å²) < 4.78 is 0. The Morgan fingerprint density at radius 1 is 1.29 bits per heavy atom. The van der Waals surface area contributed by atoms with Crippen LogP contribution >= 0.6 is 0 Å². The molecular formula is C15H22N2. The van der Waals surface area contributed by atoms with Gasteiger partial charge in [0, 0.05) is 5.69 Å². The number of hydrogen-bond acceptors (Lipinski definition) is 2. The van der Waals surface area contributed by atoms with E-state index in [1.807, 2.05) is 30.3 Å². The van der Waals surface area contributed by atoms with Gasteiger partial charge in [-0.25, -0.2) is 0 Å². The molecule has 0 amide bonds. The summed E-state index contributed by atoms with van der Waals surface area (Å²) in [6.07, 6.45) is 2.83. The third-order valence-electron chi connectivity index (χ3n) is 3.37. The Labute approximate surface area is 105 Å². The van der Waals surface area contributed by atoms with E-state index in [9.17, 15) is 5.26 Å². The number of hydrogen-bond donors (Lipinski definition) is 1. The molecule has 2 nitrogen and oxygen atoms in total. The first-order valence-corrected chi connectivity index (χ1v) is 6.40. The maximum absolute atomic E-state index is 9.47. The highest BCUT2D eigenvalue weighted by molar-refractivity contribution is 5.47. The van der Waals surface area contributed by atoms with E-state index >= 15 is 0 Å². The van der Waals surface area contributed by atoms with Crippen molar-refractivity contribution in [1.82, 2.24) is 0 Å². The second kappa shape index (κ2) is 6.30. The lowest BCUT2D eigenvalue weighted by molar-refractivity contribution is 0.404. The largest absolute Gasteiger partial charge is 0.367 e. The van der Waals surface area contributed by atoms with Gasteiger partial charge < -0.3 is 5.32 Å². The van der Waals surface area contributed by atoms with Gasteiger partial charge in [-0.15, -0.1) is 0 Å². The number of nitrogens with one attached hydrogen (secondary N) is 1. The van der Waals surface area contributed by atoms with Crippen LogP contribution in [0.3, 0.4) is 0 Å². The van der Waals surface area contributed by atoms with Gasteiger partial charge in [-0.1, -0.05) is 45.4 Å². The van der Waals surface area contributed by atoms with Crippen LogP contribution in [0.2, 0.25) is 0 Å². The van der Waals surface area contributed by atoms with Crippen LogP contribution in [0.1, 0.15) is 40.0 Å². The van der Waals surface area contributed by atoms with Gasteiger partial charge in [0.05, 0.1) is 6.07 Å². The predicted octanol–water partition coefficient (Wildman–Crippen LogP) is 4.21. The lowest BCUT2D eigenvalue weighted by Crippen LogP contribution is -2.37. The van der Waals surface area contributed by atoms with Crippen molar-refractivity contribution in [2.75, 3.05) is 5.32 Å². The molecule has 1 aromatic carbocycles. The van der Waals surface area contributed by atoms with Crippen molar-refractivity contribution < 1.29 is 0 Å². The average Bonchev–Trinajstić information content (AvgIpc) is 2.39. The molecule has 0 spiro atoms. The Kier molecular flexibility index (Phi) is 5.03. The van der Waals surface area contributed by atoms with Gasteiger partial charge in [0.2, 0.25) is 0 Å². The molecule has 0 aromatic heterocycles. The zero-order chi connectivity index (χ0) is 12.7. The summed E-state index contributed by atoms with van der Waals surface area (Å²) in [5.41, 5.74) is 0.593. The fraction of sp³-hybridized carbons (Fsp3) is 0.533. The number of benzene rings is 1. The summed E-state index contributed by atoms with van der Waals surface area (Å²) in [6.45, 7) is 6.45. The van der Waals surface area contributed by atoms with Crippen molar-refractivity contribution >= 4 is 5.69 Å². The summed E-state index contributed by atoms with van der Waals surface area (Å²) in [5, 5.41) is 12.9. The van der Waals surface area contributed by atoms with Gasteiger partial charge in [0.25, 0.3) is 0 Å². The monoisotopic (exact) mass is 230 g/mol. The van der Waals surface area contributed by atoms with Crippen LogP contribution in [-0.2, 0) is 0 Å². The molecular weight excluding hydrogens is 208 g/mol. The molecule has 0 saturated carbocycles. The molecule has 1 aromatic rings. The molecule has 0 aliphatic heterocycles. The summed E-state index contributed by atoms with van der Waals surface area (Å²) in [7, 11) is 0. The first-order valence-electron chi connectivity index (χ1n) is 6.40. The van der Waals surface area contributed by atoms with E-state index in [-0.39, 0.29) is 0 Å². The number of nitriles is 1. The Balaban J connectivity index is 2.82. The number of anilines is 1. The molecule has 0 fully saturated rings. The van der Waals surface area contributed by atoms with Gasteiger partial charge in [-0.2, -0.15) is 5.26 Å². The van der Waals surface area contributed by atoms with Crippen molar-refractivity contribution in [2.24, 2.45) is 5.92 Å². The van der Waals surface area contributed by atoms with E-state index in [2.05, 4.69) is 32.2 Å². The molecule has 0 heterocycles. The zero-order valence-electron chi connectivity index (χ0n) is 11.0. The van der Waals surface area contributed by atoms with Crippen molar-refractivity contribution in [3.05, 3.63) is 30.3 Å². The highest BCUT2D eigenvalue weighted by Gasteiger charge is 2.29. The summed E-state index contributed by atoms with van der Waals surface area (Å²) in [4.78, 5) is 0. The lowest BCUT2D eigenvalue weighted by Gasteiger charge is -2.30. The molecule has 92 valence electrons. The maximum Gasteiger partial charge on any atom is 0.125 e.